The molecule has 0 fully saturated rings. The smallest absolute Gasteiger partial charge is 0.160 e. The molecule has 5 rings (SSSR count). The number of ether oxygens (including phenoxy) is 1. The third-order valence-corrected chi connectivity index (χ3v) is 9.40. The van der Waals surface area contributed by atoms with Gasteiger partial charge in [0.25, 0.3) is 0 Å². The van der Waals surface area contributed by atoms with Gasteiger partial charge in [0.05, 0.1) is 35.3 Å². The Morgan fingerprint density at radius 1 is 0.976 bits per heavy atom. The first-order valence-corrected chi connectivity index (χ1v) is 15.7. The third kappa shape index (κ3) is 7.73. The fraction of sp³-hybridized carbons (Fsp3) is 0.281. The summed E-state index contributed by atoms with van der Waals surface area (Å²) in [5.41, 5.74) is 4.32. The molecule has 0 saturated heterocycles. The van der Waals surface area contributed by atoms with E-state index in [2.05, 4.69) is 27.0 Å². The van der Waals surface area contributed by atoms with Crippen LogP contribution in [0.2, 0.25) is 5.02 Å². The molecule has 0 bridgehead atoms. The fourth-order valence-corrected chi connectivity index (χ4v) is 7.35. The zero-order chi connectivity index (χ0) is 29.3. The van der Waals surface area contributed by atoms with Crippen molar-refractivity contribution in [3.05, 3.63) is 112 Å². The fourth-order valence-electron chi connectivity index (χ4n) is 4.88. The quantitative estimate of drug-likeness (QED) is 0.168. The van der Waals surface area contributed by atoms with Crippen molar-refractivity contribution >= 4 is 33.1 Å². The minimum absolute atomic E-state index is 0.0617. The predicted molar refractivity (Wildman–Crippen MR) is 166 cm³/mol. The first-order valence-electron chi connectivity index (χ1n) is 13.8. The van der Waals surface area contributed by atoms with Crippen LogP contribution in [0.1, 0.15) is 16.7 Å². The van der Waals surface area contributed by atoms with Crippen molar-refractivity contribution in [1.82, 2.24) is 14.5 Å². The van der Waals surface area contributed by atoms with E-state index in [-0.39, 0.29) is 36.1 Å². The number of aliphatic hydroxyl groups excluding tert-OH is 2. The zero-order valence-electron chi connectivity index (χ0n) is 23.2. The van der Waals surface area contributed by atoms with Gasteiger partial charge in [0.2, 0.25) is 0 Å². The molecule has 2 N–H and O–H groups in total. The highest BCUT2D eigenvalue weighted by atomic mass is 35.5. The van der Waals surface area contributed by atoms with E-state index < -0.39 is 0 Å². The van der Waals surface area contributed by atoms with Gasteiger partial charge in [-0.2, -0.15) is 0 Å². The number of hydrogen-bond donors (Lipinski definition) is 2. The van der Waals surface area contributed by atoms with E-state index in [4.69, 9.17) is 26.3 Å². The van der Waals surface area contributed by atoms with E-state index >= 15 is 0 Å². The molecule has 0 radical (unpaired) electrons. The Morgan fingerprint density at radius 2 is 1.76 bits per heavy atom. The van der Waals surface area contributed by atoms with Gasteiger partial charge >= 0.3 is 0 Å². The third-order valence-electron chi connectivity index (χ3n) is 6.93. The number of hydrogen-bond acceptors (Lipinski definition) is 6. The summed E-state index contributed by atoms with van der Waals surface area (Å²) in [5.74, 6) is 1.07. The molecule has 0 saturated carbocycles. The summed E-state index contributed by atoms with van der Waals surface area (Å²) in [7, 11) is -0.154. The Bertz CT molecular complexity index is 1610. The second kappa shape index (κ2) is 14.7. The molecule has 1 aliphatic rings. The van der Waals surface area contributed by atoms with Gasteiger partial charge in [-0.15, -0.1) is 10.5 Å². The molecule has 0 aliphatic carbocycles. The highest BCUT2D eigenvalue weighted by Gasteiger charge is 2.20. The Labute approximate surface area is 252 Å². The summed E-state index contributed by atoms with van der Waals surface area (Å²) >= 11 is 6.54. The summed E-state index contributed by atoms with van der Waals surface area (Å²) in [4.78, 5) is 11.7. The van der Waals surface area contributed by atoms with E-state index in [1.165, 1.54) is 22.7 Å². The van der Waals surface area contributed by atoms with E-state index in [1.54, 1.807) is 24.3 Å². The van der Waals surface area contributed by atoms with Crippen molar-refractivity contribution in [2.45, 2.75) is 24.6 Å². The van der Waals surface area contributed by atoms with E-state index in [0.717, 1.165) is 29.8 Å². The van der Waals surface area contributed by atoms with Crippen LogP contribution in [0, 0.1) is 5.82 Å². The van der Waals surface area contributed by atoms with Gasteiger partial charge in [-0.05, 0) is 41.5 Å². The number of benzene rings is 3. The number of rotatable bonds is 13. The first kappa shape index (κ1) is 30.1. The van der Waals surface area contributed by atoms with Crippen LogP contribution in [0.15, 0.2) is 89.1 Å². The number of aromatic nitrogens is 2. The number of halogens is 2. The van der Waals surface area contributed by atoms with Gasteiger partial charge in [0.15, 0.2) is 5.49 Å². The van der Waals surface area contributed by atoms with Crippen molar-refractivity contribution in [3.63, 3.8) is 0 Å². The Hall–Kier alpha value is -3.34. The molecule has 4 aromatic rings. The van der Waals surface area contributed by atoms with Crippen LogP contribution in [-0.2, 0) is 19.6 Å². The molecule has 220 valence electrons. The van der Waals surface area contributed by atoms with Crippen LogP contribution in [0.4, 0.5) is 10.1 Å². The maximum atomic E-state index is 13.5. The Balaban J connectivity index is 1.41. The molecule has 1 aromatic heterocycles. The minimum atomic E-state index is -0.308. The van der Waals surface area contributed by atoms with Gasteiger partial charge in [0, 0.05) is 43.9 Å². The van der Waals surface area contributed by atoms with E-state index in [1.807, 2.05) is 30.6 Å². The second-order valence-electron chi connectivity index (χ2n) is 9.90. The molecular weight excluding hydrogens is 575 g/mol. The molecule has 0 spiro atoms. The first-order chi connectivity index (χ1) is 20.5. The topological polar surface area (TPSA) is 83.1 Å². The molecule has 7 nitrogen and oxygen atoms in total. The van der Waals surface area contributed by atoms with Crippen molar-refractivity contribution in [2.24, 2.45) is 4.99 Å². The van der Waals surface area contributed by atoms with Gasteiger partial charge in [-0.1, -0.05) is 59.4 Å². The normalized spacial score (nSPS) is 14.7. The molecule has 1 atom stereocenters. The molecule has 1 unspecified atom stereocenters. The molecule has 10 heteroatoms. The summed E-state index contributed by atoms with van der Waals surface area (Å²) in [6.07, 6.45) is 2.61. The summed E-state index contributed by atoms with van der Waals surface area (Å²) in [6, 6.07) is 21.9. The largest absolute Gasteiger partial charge is 0.487 e. The zero-order valence-corrected chi connectivity index (χ0v) is 24.8. The number of aliphatic hydroxyl groups is 2. The molecule has 0 amide bonds. The lowest BCUT2D eigenvalue weighted by Gasteiger charge is -2.22. The molecule has 2 heterocycles. The average Bonchev–Trinajstić information content (AvgIpc) is 3.42. The SMILES string of the molecule is OCCN(CCO)CCS1=CCc2c1n(Cc1ccccc1)cnc2=Nc1ccc(OCc2cccc(F)c2)c(Cl)c1. The predicted octanol–water partition coefficient (Wildman–Crippen LogP) is 4.81. The van der Waals surface area contributed by atoms with Crippen LogP contribution in [0.5, 0.6) is 5.75 Å². The van der Waals surface area contributed by atoms with Crippen molar-refractivity contribution in [3.8, 4) is 5.75 Å². The van der Waals surface area contributed by atoms with Crippen molar-refractivity contribution < 1.29 is 19.3 Å². The van der Waals surface area contributed by atoms with Crippen LogP contribution in [-0.4, -0.2) is 68.6 Å². The maximum absolute atomic E-state index is 13.5. The standard InChI is InChI=1S/C32H34ClFN4O3S/c33-29-20-27(9-10-30(29)41-22-25-7-4-8-26(34)19-25)36-31-28-11-17-42(18-14-37(12-15-39)13-16-40)32(28)38(23-35-31)21-24-5-2-1-3-6-24/h1-10,17,19-20,23,39-40H,11-16,18,21-22H2. The second-order valence-corrected chi connectivity index (χ2v) is 12.3. The van der Waals surface area contributed by atoms with Crippen molar-refractivity contribution in [2.75, 3.05) is 38.6 Å². The van der Waals surface area contributed by atoms with Crippen LogP contribution < -0.4 is 10.2 Å². The summed E-state index contributed by atoms with van der Waals surface area (Å²) in [6.45, 7) is 2.87. The summed E-state index contributed by atoms with van der Waals surface area (Å²) in [5, 5.41) is 22.8. The molecule has 42 heavy (non-hydrogen) atoms. The monoisotopic (exact) mass is 608 g/mol. The van der Waals surface area contributed by atoms with Crippen LogP contribution in [0.3, 0.4) is 0 Å². The van der Waals surface area contributed by atoms with Gasteiger partial charge in [-0.3, -0.25) is 4.90 Å². The highest BCUT2D eigenvalue weighted by Crippen LogP contribution is 2.34. The van der Waals surface area contributed by atoms with E-state index in [9.17, 15) is 14.6 Å². The van der Waals surface area contributed by atoms with Crippen LogP contribution >= 0.6 is 22.1 Å². The lowest BCUT2D eigenvalue weighted by molar-refractivity contribution is 0.167. The maximum Gasteiger partial charge on any atom is 0.160 e. The van der Waals surface area contributed by atoms with Crippen molar-refractivity contribution in [1.29, 1.82) is 0 Å². The highest BCUT2D eigenvalue weighted by molar-refractivity contribution is 8.15. The van der Waals surface area contributed by atoms with Crippen LogP contribution in [0.25, 0.3) is 0 Å². The Kier molecular flexibility index (Phi) is 10.6. The average molecular weight is 609 g/mol. The number of fused-ring (bicyclic) bond motifs is 1. The lowest BCUT2D eigenvalue weighted by Crippen LogP contribution is -2.32. The van der Waals surface area contributed by atoms with Gasteiger partial charge in [0.1, 0.15) is 18.2 Å². The molecule has 3 aromatic carbocycles. The van der Waals surface area contributed by atoms with Gasteiger partial charge in [-0.25, -0.2) is 14.4 Å². The number of nitrogens with zero attached hydrogens (tertiary/aromatic N) is 4. The molecular formula is C32H34ClFN4O3S. The molecule has 1 aliphatic heterocycles. The van der Waals surface area contributed by atoms with Gasteiger partial charge < -0.3 is 19.5 Å². The lowest BCUT2D eigenvalue weighted by atomic mass is 10.2. The minimum Gasteiger partial charge on any atom is -0.487 e. The van der Waals surface area contributed by atoms with E-state index in [0.29, 0.717) is 41.6 Å². The summed E-state index contributed by atoms with van der Waals surface area (Å²) < 4.78 is 21.5. The Morgan fingerprint density at radius 3 is 2.50 bits per heavy atom.